The van der Waals surface area contributed by atoms with Gasteiger partial charge in [-0.25, -0.2) is 0 Å². The number of rotatable bonds is 7. The molecule has 6 heteroatoms. The van der Waals surface area contributed by atoms with E-state index in [2.05, 4.69) is 10.9 Å². The summed E-state index contributed by atoms with van der Waals surface area (Å²) in [7, 11) is 0. The summed E-state index contributed by atoms with van der Waals surface area (Å²) < 4.78 is 10.4. The molecule has 0 bridgehead atoms. The molecule has 2 amide bonds. The van der Waals surface area contributed by atoms with Crippen LogP contribution in [0.2, 0.25) is 0 Å². The molecule has 1 rings (SSSR count). The van der Waals surface area contributed by atoms with E-state index in [1.807, 2.05) is 39.0 Å². The molecule has 0 saturated carbocycles. The van der Waals surface area contributed by atoms with Crippen molar-refractivity contribution >= 4 is 11.8 Å². The molecule has 21 heavy (non-hydrogen) atoms. The Labute approximate surface area is 124 Å². The van der Waals surface area contributed by atoms with Gasteiger partial charge in [0.25, 0.3) is 5.91 Å². The molecular weight excluding hydrogens is 272 g/mol. The predicted molar refractivity (Wildman–Crippen MR) is 78.8 cm³/mol. The van der Waals surface area contributed by atoms with Crippen LogP contribution in [-0.2, 0) is 14.3 Å². The van der Waals surface area contributed by atoms with E-state index in [0.717, 1.165) is 11.1 Å². The molecule has 0 atom stereocenters. The molecule has 0 aliphatic heterocycles. The number of benzene rings is 1. The zero-order chi connectivity index (χ0) is 15.7. The first-order chi connectivity index (χ1) is 10.0. The molecule has 1 aromatic carbocycles. The van der Waals surface area contributed by atoms with E-state index in [4.69, 9.17) is 9.47 Å². The first-order valence-electron chi connectivity index (χ1n) is 6.87. The lowest BCUT2D eigenvalue weighted by molar-refractivity contribution is -0.130. The van der Waals surface area contributed by atoms with Crippen LogP contribution in [0.15, 0.2) is 18.2 Å². The van der Waals surface area contributed by atoms with Gasteiger partial charge in [0.05, 0.1) is 13.0 Å². The third-order valence-electron chi connectivity index (χ3n) is 2.58. The lowest BCUT2D eigenvalue weighted by Crippen LogP contribution is -2.44. The topological polar surface area (TPSA) is 76.7 Å². The van der Waals surface area contributed by atoms with E-state index >= 15 is 0 Å². The first kappa shape index (κ1) is 17.0. The standard InChI is InChI=1S/C15H22N2O4/c1-4-20-6-5-14(18)16-17-15(19)10-21-13-8-11(2)7-12(3)9-13/h7-9H,4-6,10H2,1-3H3,(H,16,18)(H,17,19). The van der Waals surface area contributed by atoms with Gasteiger partial charge in [-0.2, -0.15) is 0 Å². The number of hydrogen-bond donors (Lipinski definition) is 2. The van der Waals surface area contributed by atoms with Gasteiger partial charge < -0.3 is 9.47 Å². The van der Waals surface area contributed by atoms with E-state index < -0.39 is 5.91 Å². The maximum Gasteiger partial charge on any atom is 0.276 e. The monoisotopic (exact) mass is 294 g/mol. The van der Waals surface area contributed by atoms with Crippen LogP contribution in [0.3, 0.4) is 0 Å². The van der Waals surface area contributed by atoms with E-state index in [1.54, 1.807) is 0 Å². The number of hydrogen-bond acceptors (Lipinski definition) is 4. The van der Waals surface area contributed by atoms with E-state index in [0.29, 0.717) is 19.0 Å². The van der Waals surface area contributed by atoms with E-state index in [-0.39, 0.29) is 18.9 Å². The van der Waals surface area contributed by atoms with Crippen LogP contribution in [0.4, 0.5) is 0 Å². The Morgan fingerprint density at radius 3 is 2.29 bits per heavy atom. The summed E-state index contributed by atoms with van der Waals surface area (Å²) in [5.41, 5.74) is 6.72. The second-order valence-corrected chi connectivity index (χ2v) is 4.66. The van der Waals surface area contributed by atoms with Crippen molar-refractivity contribution < 1.29 is 19.1 Å². The number of amides is 2. The Balaban J connectivity index is 2.26. The van der Waals surface area contributed by atoms with Crippen LogP contribution in [0.25, 0.3) is 0 Å². The van der Waals surface area contributed by atoms with Crippen molar-refractivity contribution in [1.29, 1.82) is 0 Å². The van der Waals surface area contributed by atoms with Gasteiger partial charge in [-0.3, -0.25) is 20.4 Å². The van der Waals surface area contributed by atoms with Gasteiger partial charge in [-0.15, -0.1) is 0 Å². The summed E-state index contributed by atoms with van der Waals surface area (Å²) in [5.74, 6) is -0.0903. The van der Waals surface area contributed by atoms with Gasteiger partial charge in [0.1, 0.15) is 5.75 Å². The second-order valence-electron chi connectivity index (χ2n) is 4.66. The number of aryl methyl sites for hydroxylation is 2. The fourth-order valence-electron chi connectivity index (χ4n) is 1.71. The van der Waals surface area contributed by atoms with Crippen molar-refractivity contribution in [2.75, 3.05) is 19.8 Å². The van der Waals surface area contributed by atoms with Gasteiger partial charge >= 0.3 is 0 Å². The van der Waals surface area contributed by atoms with Crippen molar-refractivity contribution in [3.05, 3.63) is 29.3 Å². The molecule has 0 aromatic heterocycles. The molecule has 6 nitrogen and oxygen atoms in total. The predicted octanol–water partition coefficient (Wildman–Crippen LogP) is 1.26. The van der Waals surface area contributed by atoms with Gasteiger partial charge in [-0.05, 0) is 44.0 Å². The first-order valence-corrected chi connectivity index (χ1v) is 6.87. The average molecular weight is 294 g/mol. The summed E-state index contributed by atoms with van der Waals surface area (Å²) in [6.07, 6.45) is 0.200. The van der Waals surface area contributed by atoms with Crippen LogP contribution >= 0.6 is 0 Å². The maximum atomic E-state index is 11.5. The fourth-order valence-corrected chi connectivity index (χ4v) is 1.71. The summed E-state index contributed by atoms with van der Waals surface area (Å²) >= 11 is 0. The molecule has 1 aromatic rings. The lowest BCUT2D eigenvalue weighted by Gasteiger charge is -2.10. The van der Waals surface area contributed by atoms with E-state index in [9.17, 15) is 9.59 Å². The van der Waals surface area contributed by atoms with Crippen LogP contribution in [-0.4, -0.2) is 31.6 Å². The SMILES string of the molecule is CCOCCC(=O)NNC(=O)COc1cc(C)cc(C)c1. The van der Waals surface area contributed by atoms with Crippen molar-refractivity contribution in [3.8, 4) is 5.75 Å². The lowest BCUT2D eigenvalue weighted by atomic mass is 10.1. The molecule has 0 aliphatic rings. The highest BCUT2D eigenvalue weighted by atomic mass is 16.5. The summed E-state index contributed by atoms with van der Waals surface area (Å²) in [4.78, 5) is 22.9. The smallest absolute Gasteiger partial charge is 0.276 e. The Kier molecular flexibility index (Phi) is 7.25. The average Bonchev–Trinajstić information content (AvgIpc) is 2.42. The van der Waals surface area contributed by atoms with Crippen LogP contribution < -0.4 is 15.6 Å². The molecular formula is C15H22N2O4. The molecule has 0 saturated heterocycles. The quantitative estimate of drug-likeness (QED) is 0.586. The fraction of sp³-hybridized carbons (Fsp3) is 0.467. The van der Waals surface area contributed by atoms with E-state index in [1.165, 1.54) is 0 Å². The summed E-state index contributed by atoms with van der Waals surface area (Å²) in [5, 5.41) is 0. The van der Waals surface area contributed by atoms with Gasteiger partial charge in [0, 0.05) is 6.61 Å². The van der Waals surface area contributed by atoms with Crippen molar-refractivity contribution in [2.24, 2.45) is 0 Å². The number of carbonyl (C=O) groups excluding carboxylic acids is 2. The minimum atomic E-state index is -0.418. The number of hydrazine groups is 1. The van der Waals surface area contributed by atoms with Crippen LogP contribution in [0.1, 0.15) is 24.5 Å². The normalized spacial score (nSPS) is 10.0. The molecule has 0 heterocycles. The minimum Gasteiger partial charge on any atom is -0.484 e. The molecule has 0 fully saturated rings. The van der Waals surface area contributed by atoms with Gasteiger partial charge in [0.15, 0.2) is 6.61 Å². The number of nitrogens with one attached hydrogen (secondary N) is 2. The summed E-state index contributed by atoms with van der Waals surface area (Å²) in [6.45, 7) is 6.50. The number of ether oxygens (including phenoxy) is 2. The highest BCUT2D eigenvalue weighted by Gasteiger charge is 2.06. The Morgan fingerprint density at radius 2 is 1.67 bits per heavy atom. The molecule has 116 valence electrons. The Hall–Kier alpha value is -2.08. The molecule has 0 spiro atoms. The third-order valence-corrected chi connectivity index (χ3v) is 2.58. The third kappa shape index (κ3) is 7.31. The van der Waals surface area contributed by atoms with Crippen molar-refractivity contribution in [1.82, 2.24) is 10.9 Å². The van der Waals surface area contributed by atoms with Crippen molar-refractivity contribution in [3.63, 3.8) is 0 Å². The summed E-state index contributed by atoms with van der Waals surface area (Å²) in [6, 6.07) is 5.72. The van der Waals surface area contributed by atoms with Crippen LogP contribution in [0, 0.1) is 13.8 Å². The second kappa shape index (κ2) is 8.97. The molecule has 2 N–H and O–H groups in total. The van der Waals surface area contributed by atoms with Gasteiger partial charge in [-0.1, -0.05) is 6.07 Å². The molecule has 0 radical (unpaired) electrons. The highest BCUT2D eigenvalue weighted by molar-refractivity contribution is 5.82. The van der Waals surface area contributed by atoms with Crippen molar-refractivity contribution in [2.45, 2.75) is 27.2 Å². The molecule has 0 aliphatic carbocycles. The highest BCUT2D eigenvalue weighted by Crippen LogP contribution is 2.15. The Bertz CT molecular complexity index is 468. The number of carbonyl (C=O) groups is 2. The maximum absolute atomic E-state index is 11.5. The zero-order valence-corrected chi connectivity index (χ0v) is 12.7. The molecule has 0 unspecified atom stereocenters. The largest absolute Gasteiger partial charge is 0.484 e. The van der Waals surface area contributed by atoms with Gasteiger partial charge in [0.2, 0.25) is 5.91 Å². The van der Waals surface area contributed by atoms with Crippen LogP contribution in [0.5, 0.6) is 5.75 Å². The zero-order valence-electron chi connectivity index (χ0n) is 12.7. The Morgan fingerprint density at radius 1 is 1.05 bits per heavy atom. The minimum absolute atomic E-state index is 0.158.